The number of imide groups is 1. The van der Waals surface area contributed by atoms with Crippen LogP contribution in [0.25, 0.3) is 0 Å². The first-order valence-electron chi connectivity index (χ1n) is 7.38. The fourth-order valence-corrected chi connectivity index (χ4v) is 3.54. The number of carbonyl (C=O) groups is 3. The maximum Gasteiger partial charge on any atom is 0.229 e. The van der Waals surface area contributed by atoms with Crippen LogP contribution < -0.4 is 5.32 Å². The third kappa shape index (κ3) is 4.78. The van der Waals surface area contributed by atoms with Gasteiger partial charge >= 0.3 is 0 Å². The third-order valence-electron chi connectivity index (χ3n) is 3.58. The first-order chi connectivity index (χ1) is 11.3. The van der Waals surface area contributed by atoms with E-state index in [0.717, 1.165) is 4.90 Å². The molecule has 0 radical (unpaired) electrons. The summed E-state index contributed by atoms with van der Waals surface area (Å²) in [5.41, 5.74) is 0. The lowest BCUT2D eigenvalue weighted by molar-refractivity contribution is -0.138. The summed E-state index contributed by atoms with van der Waals surface area (Å²) in [7, 11) is -3.51. The Bertz CT molecular complexity index is 730. The summed E-state index contributed by atoms with van der Waals surface area (Å²) in [6.07, 6.45) is 0.318. The van der Waals surface area contributed by atoms with Crippen molar-refractivity contribution >= 4 is 39.2 Å². The number of nitrogens with zero attached hydrogens (tertiary/aromatic N) is 1. The molecule has 1 aliphatic heterocycles. The van der Waals surface area contributed by atoms with E-state index >= 15 is 0 Å². The van der Waals surface area contributed by atoms with Crippen LogP contribution in [0, 0.1) is 0 Å². The number of likely N-dealkylation sites (tertiary alicyclic amines) is 1. The van der Waals surface area contributed by atoms with Gasteiger partial charge in [0, 0.05) is 37.4 Å². The minimum atomic E-state index is -3.51. The standard InChI is InChI=1S/C15H17ClN2O5S/c16-11-1-3-12(4-2-11)24(22,23)10-8-17-13(19)7-9-18-14(20)5-6-15(18)21/h1-4H,5-10H2,(H,17,19). The molecule has 130 valence electrons. The molecule has 0 saturated carbocycles. The van der Waals surface area contributed by atoms with Crippen molar-refractivity contribution in [3.8, 4) is 0 Å². The lowest BCUT2D eigenvalue weighted by Crippen LogP contribution is -2.35. The molecule has 1 aromatic carbocycles. The first-order valence-corrected chi connectivity index (χ1v) is 9.41. The second kappa shape index (κ2) is 7.76. The van der Waals surface area contributed by atoms with Crippen molar-refractivity contribution in [2.24, 2.45) is 0 Å². The number of amides is 3. The Morgan fingerprint density at radius 3 is 2.29 bits per heavy atom. The highest BCUT2D eigenvalue weighted by Gasteiger charge is 2.28. The van der Waals surface area contributed by atoms with Crippen LogP contribution in [0.2, 0.25) is 5.02 Å². The highest BCUT2D eigenvalue weighted by Crippen LogP contribution is 2.15. The van der Waals surface area contributed by atoms with Gasteiger partial charge in [0.15, 0.2) is 9.84 Å². The summed E-state index contributed by atoms with van der Waals surface area (Å²) >= 11 is 5.71. The summed E-state index contributed by atoms with van der Waals surface area (Å²) in [5.74, 6) is -1.22. The molecule has 24 heavy (non-hydrogen) atoms. The first kappa shape index (κ1) is 18.4. The van der Waals surface area contributed by atoms with Gasteiger partial charge in [-0.3, -0.25) is 19.3 Å². The van der Waals surface area contributed by atoms with E-state index in [2.05, 4.69) is 5.32 Å². The molecule has 0 aliphatic carbocycles. The van der Waals surface area contributed by atoms with Gasteiger partial charge in [0.1, 0.15) is 0 Å². The largest absolute Gasteiger partial charge is 0.355 e. The van der Waals surface area contributed by atoms with E-state index in [-0.39, 0.29) is 54.8 Å². The van der Waals surface area contributed by atoms with Gasteiger partial charge in [0.2, 0.25) is 17.7 Å². The van der Waals surface area contributed by atoms with Crippen molar-refractivity contribution in [3.05, 3.63) is 29.3 Å². The molecule has 3 amide bonds. The lowest BCUT2D eigenvalue weighted by atomic mass is 10.3. The van der Waals surface area contributed by atoms with Gasteiger partial charge in [-0.05, 0) is 24.3 Å². The quantitative estimate of drug-likeness (QED) is 0.712. The Labute approximate surface area is 144 Å². The normalized spacial score (nSPS) is 15.0. The second-order valence-electron chi connectivity index (χ2n) is 5.31. The minimum absolute atomic E-state index is 0.0213. The monoisotopic (exact) mass is 372 g/mol. The van der Waals surface area contributed by atoms with Crippen molar-refractivity contribution in [2.75, 3.05) is 18.8 Å². The second-order valence-corrected chi connectivity index (χ2v) is 7.86. The summed E-state index contributed by atoms with van der Waals surface area (Å²) in [5, 5.41) is 2.92. The fourth-order valence-electron chi connectivity index (χ4n) is 2.26. The van der Waals surface area contributed by atoms with E-state index in [9.17, 15) is 22.8 Å². The highest BCUT2D eigenvalue weighted by atomic mass is 35.5. The molecule has 0 aromatic heterocycles. The number of hydrogen-bond acceptors (Lipinski definition) is 5. The zero-order valence-corrected chi connectivity index (χ0v) is 14.4. The Balaban J connectivity index is 1.77. The number of benzene rings is 1. The summed E-state index contributed by atoms with van der Waals surface area (Å²) < 4.78 is 24.2. The van der Waals surface area contributed by atoms with Crippen LogP contribution in [0.15, 0.2) is 29.2 Å². The molecule has 1 heterocycles. The van der Waals surface area contributed by atoms with Crippen LogP contribution in [-0.4, -0.2) is 49.9 Å². The van der Waals surface area contributed by atoms with Crippen molar-refractivity contribution < 1.29 is 22.8 Å². The number of rotatable bonds is 7. The van der Waals surface area contributed by atoms with Gasteiger partial charge in [0.25, 0.3) is 0 Å². The van der Waals surface area contributed by atoms with Gasteiger partial charge < -0.3 is 5.32 Å². The minimum Gasteiger partial charge on any atom is -0.355 e. The van der Waals surface area contributed by atoms with Crippen molar-refractivity contribution in [2.45, 2.75) is 24.2 Å². The highest BCUT2D eigenvalue weighted by molar-refractivity contribution is 7.91. The molecule has 2 rings (SSSR count). The van der Waals surface area contributed by atoms with E-state index in [1.54, 1.807) is 0 Å². The molecule has 0 spiro atoms. The van der Waals surface area contributed by atoms with E-state index < -0.39 is 15.7 Å². The van der Waals surface area contributed by atoms with E-state index in [4.69, 9.17) is 11.6 Å². The molecule has 0 bridgehead atoms. The predicted molar refractivity (Wildman–Crippen MR) is 87.1 cm³/mol. The van der Waals surface area contributed by atoms with Crippen molar-refractivity contribution in [1.29, 1.82) is 0 Å². The fraction of sp³-hybridized carbons (Fsp3) is 0.400. The van der Waals surface area contributed by atoms with E-state index in [0.29, 0.717) is 5.02 Å². The average Bonchev–Trinajstić information content (AvgIpc) is 2.84. The molecular weight excluding hydrogens is 356 g/mol. The zero-order valence-electron chi connectivity index (χ0n) is 12.8. The third-order valence-corrected chi connectivity index (χ3v) is 5.57. The van der Waals surface area contributed by atoms with Gasteiger partial charge in [-0.1, -0.05) is 11.6 Å². The average molecular weight is 373 g/mol. The van der Waals surface area contributed by atoms with Gasteiger partial charge in [-0.15, -0.1) is 0 Å². The lowest BCUT2D eigenvalue weighted by Gasteiger charge is -2.13. The zero-order chi connectivity index (χ0) is 17.7. The smallest absolute Gasteiger partial charge is 0.229 e. The van der Waals surface area contributed by atoms with Crippen LogP contribution in [0.1, 0.15) is 19.3 Å². The Hall–Kier alpha value is -1.93. The van der Waals surface area contributed by atoms with Crippen LogP contribution >= 0.6 is 11.6 Å². The molecular formula is C15H17ClN2O5S. The van der Waals surface area contributed by atoms with Gasteiger partial charge in [-0.25, -0.2) is 8.42 Å². The number of carbonyl (C=O) groups excluding carboxylic acids is 3. The van der Waals surface area contributed by atoms with Crippen LogP contribution in [-0.2, 0) is 24.2 Å². The summed E-state index contributed by atoms with van der Waals surface area (Å²) in [6, 6.07) is 5.78. The van der Waals surface area contributed by atoms with Crippen molar-refractivity contribution in [1.82, 2.24) is 10.2 Å². The molecule has 0 unspecified atom stereocenters. The Morgan fingerprint density at radius 1 is 1.12 bits per heavy atom. The summed E-state index contributed by atoms with van der Waals surface area (Å²) in [6.45, 7) is -0.0287. The Morgan fingerprint density at radius 2 is 1.71 bits per heavy atom. The van der Waals surface area contributed by atoms with Crippen LogP contribution in [0.4, 0.5) is 0 Å². The molecule has 1 fully saturated rings. The molecule has 1 aliphatic rings. The maximum atomic E-state index is 12.1. The number of nitrogens with one attached hydrogen (secondary N) is 1. The topological polar surface area (TPSA) is 101 Å². The maximum absolute atomic E-state index is 12.1. The summed E-state index contributed by atoms with van der Waals surface area (Å²) in [4.78, 5) is 35.7. The molecule has 0 atom stereocenters. The van der Waals surface area contributed by atoms with Gasteiger partial charge in [0.05, 0.1) is 10.6 Å². The van der Waals surface area contributed by atoms with Crippen LogP contribution in [0.5, 0.6) is 0 Å². The molecule has 9 heteroatoms. The Kier molecular flexibility index (Phi) is 5.95. The van der Waals surface area contributed by atoms with Crippen molar-refractivity contribution in [3.63, 3.8) is 0 Å². The van der Waals surface area contributed by atoms with E-state index in [1.807, 2.05) is 0 Å². The van der Waals surface area contributed by atoms with Gasteiger partial charge in [-0.2, -0.15) is 0 Å². The molecule has 7 nitrogen and oxygen atoms in total. The molecule has 1 N–H and O–H groups in total. The molecule has 1 aromatic rings. The molecule has 1 saturated heterocycles. The SMILES string of the molecule is O=C(CCN1C(=O)CCC1=O)NCCS(=O)(=O)c1ccc(Cl)cc1. The number of halogens is 1. The van der Waals surface area contributed by atoms with E-state index in [1.165, 1.54) is 24.3 Å². The number of hydrogen-bond donors (Lipinski definition) is 1. The number of sulfone groups is 1. The van der Waals surface area contributed by atoms with Crippen LogP contribution in [0.3, 0.4) is 0 Å². The predicted octanol–water partition coefficient (Wildman–Crippen LogP) is 0.769.